The van der Waals surface area contributed by atoms with E-state index in [2.05, 4.69) is 23.6 Å². The molecule has 1 fully saturated rings. The van der Waals surface area contributed by atoms with Crippen LogP contribution in [0, 0.1) is 0 Å². The predicted octanol–water partition coefficient (Wildman–Crippen LogP) is 2.50. The third-order valence-corrected chi connectivity index (χ3v) is 4.56. The van der Waals surface area contributed by atoms with Crippen LogP contribution in [0.4, 0.5) is 4.39 Å². The lowest BCUT2D eigenvalue weighted by atomic mass is 10.0. The molecule has 1 aromatic carbocycles. The summed E-state index contributed by atoms with van der Waals surface area (Å²) in [6.07, 6.45) is 0. The second-order valence-electron chi connectivity index (χ2n) is 7.56. The first-order valence-corrected chi connectivity index (χ1v) is 8.59. The molecule has 1 aromatic rings. The van der Waals surface area contributed by atoms with Crippen LogP contribution in [0.1, 0.15) is 43.6 Å². The number of aliphatic hydroxyl groups excluding tert-OH is 1. The number of piperazine rings is 1. The average molecular weight is 336 g/mol. The lowest BCUT2D eigenvalue weighted by Crippen LogP contribution is -2.57. The summed E-state index contributed by atoms with van der Waals surface area (Å²) in [7, 11) is 0. The highest BCUT2D eigenvalue weighted by molar-refractivity contribution is 5.96. The smallest absolute Gasteiger partial charge is 0.188 e. The number of carbonyl (C=O) groups is 1. The van der Waals surface area contributed by atoms with Crippen LogP contribution in [0.15, 0.2) is 24.3 Å². The van der Waals surface area contributed by atoms with Gasteiger partial charge in [0.2, 0.25) is 0 Å². The first-order valence-electron chi connectivity index (χ1n) is 8.59. The van der Waals surface area contributed by atoms with Crippen LogP contribution >= 0.6 is 0 Å². The first-order chi connectivity index (χ1) is 11.2. The minimum Gasteiger partial charge on any atom is -0.388 e. The molecule has 0 radical (unpaired) electrons. The number of hydrogen-bond acceptors (Lipinski definition) is 4. The highest BCUT2D eigenvalue weighted by Crippen LogP contribution is 2.21. The van der Waals surface area contributed by atoms with E-state index in [0.717, 1.165) is 25.2 Å². The number of halogens is 1. The van der Waals surface area contributed by atoms with Gasteiger partial charge in [-0.3, -0.25) is 14.6 Å². The summed E-state index contributed by atoms with van der Waals surface area (Å²) in [6.45, 7) is 10.1. The third kappa shape index (κ3) is 5.10. The fourth-order valence-electron chi connectivity index (χ4n) is 3.54. The number of alkyl halides is 1. The molecule has 2 atom stereocenters. The molecule has 0 bridgehead atoms. The number of nitrogens with zero attached hydrogens (tertiary/aromatic N) is 2. The molecule has 0 unspecified atom stereocenters. The van der Waals surface area contributed by atoms with Crippen LogP contribution in [-0.4, -0.2) is 64.7 Å². The third-order valence-electron chi connectivity index (χ3n) is 4.56. The molecule has 4 nitrogen and oxygen atoms in total. The van der Waals surface area contributed by atoms with Crippen LogP contribution in [-0.2, 0) is 6.54 Å². The van der Waals surface area contributed by atoms with Crippen molar-refractivity contribution in [3.63, 3.8) is 0 Å². The van der Waals surface area contributed by atoms with Crippen molar-refractivity contribution in [3.8, 4) is 0 Å². The van der Waals surface area contributed by atoms with Crippen LogP contribution in [0.5, 0.6) is 0 Å². The zero-order valence-electron chi connectivity index (χ0n) is 15.1. The van der Waals surface area contributed by atoms with E-state index < -0.39 is 12.3 Å². The van der Waals surface area contributed by atoms with E-state index in [1.165, 1.54) is 0 Å². The predicted molar refractivity (Wildman–Crippen MR) is 94.0 cm³/mol. The van der Waals surface area contributed by atoms with E-state index in [1.54, 1.807) is 26.0 Å². The van der Waals surface area contributed by atoms with Gasteiger partial charge in [-0.25, -0.2) is 4.39 Å². The number of aliphatic hydroxyl groups is 1. The Kier molecular flexibility index (Phi) is 6.12. The topological polar surface area (TPSA) is 43.8 Å². The van der Waals surface area contributed by atoms with Gasteiger partial charge >= 0.3 is 0 Å². The monoisotopic (exact) mass is 336 g/mol. The Labute approximate surface area is 144 Å². The molecule has 2 rings (SSSR count). The SMILES string of the molecule is C[C@@H]1CN(CC(C)(C)F)C[C@H](C)N1Cc1ccc(C(=O)CO)cc1. The minimum absolute atomic E-state index is 0.259. The Balaban J connectivity index is 1.99. The zero-order valence-corrected chi connectivity index (χ0v) is 15.1. The summed E-state index contributed by atoms with van der Waals surface area (Å²) in [5.41, 5.74) is 0.510. The molecular formula is C19H29FN2O2. The van der Waals surface area contributed by atoms with Gasteiger partial charge in [0.1, 0.15) is 12.3 Å². The van der Waals surface area contributed by atoms with Crippen molar-refractivity contribution in [2.24, 2.45) is 0 Å². The number of rotatable bonds is 6. The summed E-state index contributed by atoms with van der Waals surface area (Å²) in [5, 5.41) is 8.90. The molecule has 0 aromatic heterocycles. The molecule has 1 aliphatic rings. The quantitative estimate of drug-likeness (QED) is 0.811. The molecule has 0 aliphatic carbocycles. The van der Waals surface area contributed by atoms with Gasteiger partial charge in [0, 0.05) is 43.8 Å². The molecule has 1 heterocycles. The molecule has 1 aliphatic heterocycles. The zero-order chi connectivity index (χ0) is 17.9. The minimum atomic E-state index is -1.17. The maximum atomic E-state index is 13.9. The second kappa shape index (κ2) is 7.72. The lowest BCUT2D eigenvalue weighted by molar-refractivity contribution is 0.00888. The fourth-order valence-corrected chi connectivity index (χ4v) is 3.54. The van der Waals surface area contributed by atoms with E-state index in [-0.39, 0.29) is 5.78 Å². The molecule has 5 heteroatoms. The highest BCUT2D eigenvalue weighted by Gasteiger charge is 2.32. The maximum absolute atomic E-state index is 13.9. The van der Waals surface area contributed by atoms with E-state index in [1.807, 2.05) is 12.1 Å². The first kappa shape index (κ1) is 19.0. The van der Waals surface area contributed by atoms with Crippen molar-refractivity contribution in [1.29, 1.82) is 0 Å². The molecule has 1 N–H and O–H groups in total. The van der Waals surface area contributed by atoms with E-state index in [4.69, 9.17) is 5.11 Å². The number of carbonyl (C=O) groups excluding carboxylic acids is 1. The van der Waals surface area contributed by atoms with Crippen molar-refractivity contribution < 1.29 is 14.3 Å². The summed E-state index contributed by atoms with van der Waals surface area (Å²) in [6, 6.07) is 8.11. The molecule has 134 valence electrons. The van der Waals surface area contributed by atoms with Crippen molar-refractivity contribution in [3.05, 3.63) is 35.4 Å². The van der Waals surface area contributed by atoms with Crippen LogP contribution in [0.3, 0.4) is 0 Å². The van der Waals surface area contributed by atoms with Crippen molar-refractivity contribution in [1.82, 2.24) is 9.80 Å². The Morgan fingerprint density at radius 3 is 2.21 bits per heavy atom. The van der Waals surface area contributed by atoms with Gasteiger partial charge in [-0.2, -0.15) is 0 Å². The van der Waals surface area contributed by atoms with Crippen LogP contribution in [0.2, 0.25) is 0 Å². The van der Waals surface area contributed by atoms with Gasteiger partial charge in [0.25, 0.3) is 0 Å². The Morgan fingerprint density at radius 2 is 1.75 bits per heavy atom. The molecular weight excluding hydrogens is 307 g/mol. The van der Waals surface area contributed by atoms with Crippen LogP contribution in [0.25, 0.3) is 0 Å². The molecule has 0 spiro atoms. The molecule has 24 heavy (non-hydrogen) atoms. The van der Waals surface area contributed by atoms with E-state index in [0.29, 0.717) is 24.2 Å². The van der Waals surface area contributed by atoms with Gasteiger partial charge in [0.05, 0.1) is 0 Å². The van der Waals surface area contributed by atoms with Crippen molar-refractivity contribution in [2.45, 2.75) is 52.0 Å². The van der Waals surface area contributed by atoms with Gasteiger partial charge in [-0.05, 0) is 33.3 Å². The van der Waals surface area contributed by atoms with Gasteiger partial charge in [-0.15, -0.1) is 0 Å². The van der Waals surface area contributed by atoms with Gasteiger partial charge in [0.15, 0.2) is 5.78 Å². The standard InChI is InChI=1S/C19H29FN2O2/c1-14-9-21(13-19(3,4)20)10-15(2)22(14)11-16-5-7-17(8-6-16)18(24)12-23/h5-8,14-15,23H,9-13H2,1-4H3/t14-,15+. The molecule has 1 saturated heterocycles. The van der Waals surface area contributed by atoms with Crippen molar-refractivity contribution in [2.75, 3.05) is 26.2 Å². The van der Waals surface area contributed by atoms with Crippen LogP contribution < -0.4 is 0 Å². The Hall–Kier alpha value is -1.30. The number of benzene rings is 1. The Bertz CT molecular complexity index is 541. The van der Waals surface area contributed by atoms with Gasteiger partial charge < -0.3 is 5.11 Å². The number of Topliss-reactive ketones (excluding diaryl/α,β-unsaturated/α-hetero) is 1. The Morgan fingerprint density at radius 1 is 1.21 bits per heavy atom. The molecule has 0 amide bonds. The average Bonchev–Trinajstić information content (AvgIpc) is 2.49. The summed E-state index contributed by atoms with van der Waals surface area (Å²) >= 11 is 0. The summed E-state index contributed by atoms with van der Waals surface area (Å²) in [5.74, 6) is -0.259. The second-order valence-corrected chi connectivity index (χ2v) is 7.56. The highest BCUT2D eigenvalue weighted by atomic mass is 19.1. The van der Waals surface area contributed by atoms with E-state index in [9.17, 15) is 9.18 Å². The number of hydrogen-bond donors (Lipinski definition) is 1. The summed E-state index contributed by atoms with van der Waals surface area (Å²) < 4.78 is 13.9. The normalized spacial score (nSPS) is 23.4. The largest absolute Gasteiger partial charge is 0.388 e. The maximum Gasteiger partial charge on any atom is 0.188 e. The van der Waals surface area contributed by atoms with E-state index >= 15 is 0 Å². The van der Waals surface area contributed by atoms with Crippen molar-refractivity contribution >= 4 is 5.78 Å². The number of ketones is 1. The summed E-state index contributed by atoms with van der Waals surface area (Å²) in [4.78, 5) is 16.1. The molecule has 0 saturated carbocycles. The fraction of sp³-hybridized carbons (Fsp3) is 0.632. The lowest BCUT2D eigenvalue weighted by Gasteiger charge is -2.45. The van der Waals surface area contributed by atoms with Gasteiger partial charge in [-0.1, -0.05) is 24.3 Å².